The van der Waals surface area contributed by atoms with Gasteiger partial charge in [0.25, 0.3) is 0 Å². The van der Waals surface area contributed by atoms with Gasteiger partial charge in [0.05, 0.1) is 11.4 Å². The highest BCUT2D eigenvalue weighted by molar-refractivity contribution is 7.89. The number of furan rings is 1. The molecule has 0 radical (unpaired) electrons. The second-order valence-electron chi connectivity index (χ2n) is 6.83. The zero-order chi connectivity index (χ0) is 17.5. The van der Waals surface area contributed by atoms with E-state index >= 15 is 0 Å². The third kappa shape index (κ3) is 3.71. The molecule has 1 aromatic heterocycles. The van der Waals surface area contributed by atoms with Crippen LogP contribution in [0.4, 0.5) is 0 Å². The Hall–Kier alpha value is -1.63. The Balaban J connectivity index is 1.70. The molecule has 0 bridgehead atoms. The average Bonchev–Trinajstić information content (AvgIpc) is 3.08. The third-order valence-corrected chi connectivity index (χ3v) is 5.80. The van der Waals surface area contributed by atoms with E-state index in [-0.39, 0.29) is 10.9 Å². The minimum atomic E-state index is -3.68. The van der Waals surface area contributed by atoms with Gasteiger partial charge in [0.1, 0.15) is 11.5 Å². The van der Waals surface area contributed by atoms with Crippen LogP contribution in [0.1, 0.15) is 49.3 Å². The second-order valence-corrected chi connectivity index (χ2v) is 8.39. The first-order valence-electron chi connectivity index (χ1n) is 8.17. The van der Waals surface area contributed by atoms with E-state index in [9.17, 15) is 8.42 Å². The lowest BCUT2D eigenvalue weighted by molar-refractivity contribution is 0.230. The van der Waals surface area contributed by atoms with E-state index in [2.05, 4.69) is 17.9 Å². The van der Waals surface area contributed by atoms with Crippen molar-refractivity contribution >= 4 is 10.0 Å². The normalized spacial score (nSPS) is 21.9. The van der Waals surface area contributed by atoms with Gasteiger partial charge in [-0.2, -0.15) is 0 Å². The number of benzene rings is 1. The first-order chi connectivity index (χ1) is 11.3. The van der Waals surface area contributed by atoms with E-state index in [1.54, 1.807) is 12.1 Å². The summed E-state index contributed by atoms with van der Waals surface area (Å²) in [6.07, 6.45) is 1.21. The molecule has 3 rings (SSSR count). The zero-order valence-electron chi connectivity index (χ0n) is 14.3. The van der Waals surface area contributed by atoms with Gasteiger partial charge in [0.15, 0.2) is 0 Å². The van der Waals surface area contributed by atoms with Crippen molar-refractivity contribution < 1.29 is 12.8 Å². The number of sulfonamides is 1. The van der Waals surface area contributed by atoms with Crippen molar-refractivity contribution in [2.45, 2.75) is 43.7 Å². The summed E-state index contributed by atoms with van der Waals surface area (Å²) in [6, 6.07) is 10.9. The fraction of sp³-hybridized carbons (Fsp3) is 0.444. The Morgan fingerprint density at radius 1 is 1.33 bits per heavy atom. The molecule has 24 heavy (non-hydrogen) atoms. The lowest BCUT2D eigenvalue weighted by atomic mass is 10.1. The van der Waals surface area contributed by atoms with Crippen LogP contribution in [0.2, 0.25) is 0 Å². The summed E-state index contributed by atoms with van der Waals surface area (Å²) in [4.78, 5) is 2.27. The standard InChI is InChI=1S/C18H24N2O3S/c1-12-9-17(12)18-8-7-15(23-18)11-20(3)13(2)14-5-4-6-16(10-14)24(19,21)22/h4-8,10,12-13,17H,9,11H2,1-3H3,(H2,19,21,22). The maximum Gasteiger partial charge on any atom is 0.238 e. The Bertz CT molecular complexity index is 828. The summed E-state index contributed by atoms with van der Waals surface area (Å²) in [6.45, 7) is 4.94. The monoisotopic (exact) mass is 348 g/mol. The summed E-state index contributed by atoms with van der Waals surface area (Å²) >= 11 is 0. The number of primary sulfonamides is 1. The minimum absolute atomic E-state index is 0.0418. The van der Waals surface area contributed by atoms with Crippen molar-refractivity contribution in [2.24, 2.45) is 11.1 Å². The van der Waals surface area contributed by atoms with Gasteiger partial charge < -0.3 is 4.42 Å². The van der Waals surface area contributed by atoms with Crippen LogP contribution in [0.3, 0.4) is 0 Å². The summed E-state index contributed by atoms with van der Waals surface area (Å²) in [7, 11) is -1.69. The van der Waals surface area contributed by atoms with Gasteiger partial charge in [0.2, 0.25) is 10.0 Å². The predicted octanol–water partition coefficient (Wildman–Crippen LogP) is 3.24. The third-order valence-electron chi connectivity index (χ3n) is 4.89. The maximum absolute atomic E-state index is 11.5. The number of rotatable bonds is 6. The van der Waals surface area contributed by atoms with Gasteiger partial charge in [-0.15, -0.1) is 0 Å². The number of nitrogens with two attached hydrogens (primary N) is 1. The largest absolute Gasteiger partial charge is 0.464 e. The first kappa shape index (κ1) is 17.2. The molecule has 0 spiro atoms. The van der Waals surface area contributed by atoms with E-state index in [1.165, 1.54) is 12.5 Å². The van der Waals surface area contributed by atoms with E-state index in [0.717, 1.165) is 23.0 Å². The van der Waals surface area contributed by atoms with Crippen LogP contribution in [0.5, 0.6) is 0 Å². The molecule has 2 aromatic rings. The van der Waals surface area contributed by atoms with Crippen molar-refractivity contribution in [1.82, 2.24) is 4.90 Å². The molecular weight excluding hydrogens is 324 g/mol. The van der Waals surface area contributed by atoms with Crippen molar-refractivity contribution in [3.8, 4) is 0 Å². The molecular formula is C18H24N2O3S. The molecule has 0 aliphatic heterocycles. The Morgan fingerprint density at radius 2 is 2.04 bits per heavy atom. The van der Waals surface area contributed by atoms with Gasteiger partial charge in [-0.25, -0.2) is 13.6 Å². The fourth-order valence-electron chi connectivity index (χ4n) is 2.99. The van der Waals surface area contributed by atoms with Gasteiger partial charge >= 0.3 is 0 Å². The van der Waals surface area contributed by atoms with Crippen LogP contribution in [0.25, 0.3) is 0 Å². The SMILES string of the molecule is CC1CC1c1ccc(CN(C)C(C)c2cccc(S(N)(=O)=O)c2)o1. The summed E-state index contributed by atoms with van der Waals surface area (Å²) in [5.74, 6) is 3.31. The molecule has 1 aliphatic carbocycles. The lowest BCUT2D eigenvalue weighted by Gasteiger charge is -2.24. The molecule has 6 heteroatoms. The predicted molar refractivity (Wildman–Crippen MR) is 92.9 cm³/mol. The first-order valence-corrected chi connectivity index (χ1v) is 9.72. The molecule has 0 saturated heterocycles. The number of hydrogen-bond donors (Lipinski definition) is 1. The highest BCUT2D eigenvalue weighted by Gasteiger charge is 2.36. The quantitative estimate of drug-likeness (QED) is 0.869. The van der Waals surface area contributed by atoms with Gasteiger partial charge in [-0.05, 0) is 56.1 Å². The molecule has 3 unspecified atom stereocenters. The van der Waals surface area contributed by atoms with Gasteiger partial charge in [0, 0.05) is 12.0 Å². The molecule has 3 atom stereocenters. The molecule has 1 fully saturated rings. The minimum Gasteiger partial charge on any atom is -0.464 e. The fourth-order valence-corrected chi connectivity index (χ4v) is 3.55. The smallest absolute Gasteiger partial charge is 0.238 e. The Morgan fingerprint density at radius 3 is 2.67 bits per heavy atom. The van der Waals surface area contributed by atoms with Gasteiger partial charge in [-0.1, -0.05) is 19.1 Å². The van der Waals surface area contributed by atoms with Crippen molar-refractivity contribution in [1.29, 1.82) is 0 Å². The maximum atomic E-state index is 11.5. The molecule has 1 saturated carbocycles. The molecule has 130 valence electrons. The van der Waals surface area contributed by atoms with Crippen LogP contribution in [-0.4, -0.2) is 20.4 Å². The number of nitrogens with zero attached hydrogens (tertiary/aromatic N) is 1. The zero-order valence-corrected chi connectivity index (χ0v) is 15.1. The van der Waals surface area contributed by atoms with E-state index in [4.69, 9.17) is 9.56 Å². The molecule has 5 nitrogen and oxygen atoms in total. The summed E-state index contributed by atoms with van der Waals surface area (Å²) < 4.78 is 29.0. The van der Waals surface area contributed by atoms with Crippen molar-refractivity contribution in [3.05, 3.63) is 53.5 Å². The summed E-state index contributed by atoms with van der Waals surface area (Å²) in [5, 5.41) is 5.22. The Kier molecular flexibility index (Phi) is 4.55. The lowest BCUT2D eigenvalue weighted by Crippen LogP contribution is -2.22. The molecule has 1 aliphatic rings. The van der Waals surface area contributed by atoms with Crippen LogP contribution in [0, 0.1) is 5.92 Å². The van der Waals surface area contributed by atoms with Crippen molar-refractivity contribution in [2.75, 3.05) is 7.05 Å². The van der Waals surface area contributed by atoms with Crippen LogP contribution in [0.15, 0.2) is 45.7 Å². The second kappa shape index (κ2) is 6.35. The Labute approximate surface area is 143 Å². The van der Waals surface area contributed by atoms with E-state index < -0.39 is 10.0 Å². The van der Waals surface area contributed by atoms with Crippen LogP contribution >= 0.6 is 0 Å². The van der Waals surface area contributed by atoms with E-state index in [1.807, 2.05) is 26.1 Å². The molecule has 1 heterocycles. The van der Waals surface area contributed by atoms with Crippen molar-refractivity contribution in [3.63, 3.8) is 0 Å². The molecule has 0 amide bonds. The van der Waals surface area contributed by atoms with E-state index in [0.29, 0.717) is 12.5 Å². The molecule has 1 aromatic carbocycles. The average molecular weight is 348 g/mol. The molecule has 2 N–H and O–H groups in total. The van der Waals surface area contributed by atoms with Crippen LogP contribution in [-0.2, 0) is 16.6 Å². The van der Waals surface area contributed by atoms with Crippen LogP contribution < -0.4 is 5.14 Å². The highest BCUT2D eigenvalue weighted by atomic mass is 32.2. The summed E-state index contributed by atoms with van der Waals surface area (Å²) in [5.41, 5.74) is 0.909. The number of hydrogen-bond acceptors (Lipinski definition) is 4. The topological polar surface area (TPSA) is 76.5 Å². The van der Waals surface area contributed by atoms with Gasteiger partial charge in [-0.3, -0.25) is 4.90 Å². The highest BCUT2D eigenvalue weighted by Crippen LogP contribution is 2.47.